The van der Waals surface area contributed by atoms with Crippen molar-refractivity contribution in [3.8, 4) is 5.69 Å². The van der Waals surface area contributed by atoms with Crippen LogP contribution in [0.15, 0.2) is 73.1 Å². The number of hydrogen-bond donors (Lipinski definition) is 2. The number of aromatic nitrogens is 1. The summed E-state index contributed by atoms with van der Waals surface area (Å²) in [7, 11) is 0. The highest BCUT2D eigenvalue weighted by Gasteiger charge is 2.09. The summed E-state index contributed by atoms with van der Waals surface area (Å²) in [6.45, 7) is 7.59. The lowest BCUT2D eigenvalue weighted by Crippen LogP contribution is -2.34. The zero-order valence-electron chi connectivity index (χ0n) is 17.5. The number of amides is 2. The molecule has 1 aromatic heterocycles. The molecule has 0 saturated heterocycles. The minimum Gasteiger partial charge on any atom is -0.351 e. The van der Waals surface area contributed by atoms with Gasteiger partial charge in [-0.05, 0) is 73.8 Å². The normalized spacial score (nSPS) is 10.8. The van der Waals surface area contributed by atoms with Gasteiger partial charge in [-0.2, -0.15) is 0 Å². The second kappa shape index (κ2) is 10.4. The van der Waals surface area contributed by atoms with Gasteiger partial charge in [-0.25, -0.2) is 0 Å². The van der Waals surface area contributed by atoms with Crippen molar-refractivity contribution in [2.24, 2.45) is 0 Å². The average molecular weight is 405 g/mol. The Morgan fingerprint density at radius 3 is 2.00 bits per heavy atom. The molecule has 0 aliphatic heterocycles. The highest BCUT2D eigenvalue weighted by molar-refractivity contribution is 6.04. The van der Waals surface area contributed by atoms with Crippen LogP contribution in [-0.2, 0) is 0 Å². The van der Waals surface area contributed by atoms with Crippen molar-refractivity contribution < 1.29 is 9.59 Å². The second-order valence-corrected chi connectivity index (χ2v) is 6.95. The first-order valence-electron chi connectivity index (χ1n) is 10.3. The van der Waals surface area contributed by atoms with Crippen LogP contribution in [0.5, 0.6) is 0 Å². The van der Waals surface area contributed by atoms with E-state index in [2.05, 4.69) is 29.4 Å². The van der Waals surface area contributed by atoms with Gasteiger partial charge in [0.15, 0.2) is 0 Å². The molecule has 0 spiro atoms. The standard InChI is InChI=1S/C24H28N4O2/c1-3-27(4-2)18-15-25-23(29)19-7-11-21(12-8-19)26-24(30)20-9-13-22(14-10-20)28-16-5-6-17-28/h5-14,16-17H,3-4,15,18H2,1-2H3,(H,25,29)(H,26,30). The summed E-state index contributed by atoms with van der Waals surface area (Å²) in [6.07, 6.45) is 3.91. The van der Waals surface area contributed by atoms with E-state index < -0.39 is 0 Å². The highest BCUT2D eigenvalue weighted by Crippen LogP contribution is 2.14. The maximum atomic E-state index is 12.5. The smallest absolute Gasteiger partial charge is 0.255 e. The molecule has 1 heterocycles. The fourth-order valence-corrected chi connectivity index (χ4v) is 3.17. The molecule has 156 valence electrons. The summed E-state index contributed by atoms with van der Waals surface area (Å²) in [5.41, 5.74) is 2.79. The van der Waals surface area contributed by atoms with Crippen molar-refractivity contribution in [3.63, 3.8) is 0 Å². The van der Waals surface area contributed by atoms with E-state index in [-0.39, 0.29) is 11.8 Å². The molecule has 0 aliphatic rings. The Kier molecular flexibility index (Phi) is 7.40. The minimum absolute atomic E-state index is 0.111. The van der Waals surface area contributed by atoms with E-state index in [9.17, 15) is 9.59 Å². The van der Waals surface area contributed by atoms with Gasteiger partial charge < -0.3 is 20.1 Å². The largest absolute Gasteiger partial charge is 0.351 e. The quantitative estimate of drug-likeness (QED) is 0.570. The highest BCUT2D eigenvalue weighted by atomic mass is 16.2. The van der Waals surface area contributed by atoms with Gasteiger partial charge in [-0.1, -0.05) is 13.8 Å². The number of nitrogens with zero attached hydrogens (tertiary/aromatic N) is 2. The maximum absolute atomic E-state index is 12.5. The van der Waals surface area contributed by atoms with E-state index in [0.29, 0.717) is 23.4 Å². The molecule has 0 atom stereocenters. The van der Waals surface area contributed by atoms with Crippen LogP contribution in [0.2, 0.25) is 0 Å². The molecule has 6 heteroatoms. The van der Waals surface area contributed by atoms with Crippen molar-refractivity contribution in [2.45, 2.75) is 13.8 Å². The molecule has 0 unspecified atom stereocenters. The molecule has 2 N–H and O–H groups in total. The third-order valence-electron chi connectivity index (χ3n) is 5.05. The van der Waals surface area contributed by atoms with E-state index in [1.807, 2.05) is 41.2 Å². The number of anilines is 1. The van der Waals surface area contributed by atoms with Gasteiger partial charge in [0.2, 0.25) is 0 Å². The van der Waals surface area contributed by atoms with Crippen LogP contribution in [0, 0.1) is 0 Å². The molecule has 2 amide bonds. The molecule has 30 heavy (non-hydrogen) atoms. The molecular formula is C24H28N4O2. The van der Waals surface area contributed by atoms with Crippen LogP contribution in [-0.4, -0.2) is 47.5 Å². The number of likely N-dealkylation sites (N-methyl/N-ethyl adjacent to an activating group) is 1. The summed E-state index contributed by atoms with van der Waals surface area (Å²) in [6, 6.07) is 18.2. The predicted octanol–water partition coefficient (Wildman–Crippen LogP) is 3.80. The summed E-state index contributed by atoms with van der Waals surface area (Å²) < 4.78 is 1.98. The van der Waals surface area contributed by atoms with Gasteiger partial charge >= 0.3 is 0 Å². The average Bonchev–Trinajstić information content (AvgIpc) is 3.32. The van der Waals surface area contributed by atoms with E-state index in [1.54, 1.807) is 36.4 Å². The third kappa shape index (κ3) is 5.58. The molecule has 2 aromatic carbocycles. The molecular weight excluding hydrogens is 376 g/mol. The summed E-state index contributed by atoms with van der Waals surface area (Å²) in [5.74, 6) is -0.300. The number of carbonyl (C=O) groups is 2. The van der Waals surface area contributed by atoms with Crippen LogP contribution >= 0.6 is 0 Å². The monoisotopic (exact) mass is 404 g/mol. The Morgan fingerprint density at radius 2 is 1.40 bits per heavy atom. The molecule has 0 bridgehead atoms. The van der Waals surface area contributed by atoms with Crippen molar-refractivity contribution in [2.75, 3.05) is 31.5 Å². The van der Waals surface area contributed by atoms with Crippen LogP contribution in [0.1, 0.15) is 34.6 Å². The summed E-state index contributed by atoms with van der Waals surface area (Å²) in [4.78, 5) is 27.0. The van der Waals surface area contributed by atoms with Gasteiger partial charge in [-0.3, -0.25) is 9.59 Å². The van der Waals surface area contributed by atoms with Crippen molar-refractivity contribution >= 4 is 17.5 Å². The van der Waals surface area contributed by atoms with Crippen LogP contribution in [0.3, 0.4) is 0 Å². The summed E-state index contributed by atoms with van der Waals surface area (Å²) in [5, 5.41) is 5.80. The van der Waals surface area contributed by atoms with Gasteiger partial charge in [-0.15, -0.1) is 0 Å². The van der Waals surface area contributed by atoms with E-state index in [0.717, 1.165) is 25.3 Å². The Balaban J connectivity index is 1.53. The third-order valence-corrected chi connectivity index (χ3v) is 5.05. The first-order valence-corrected chi connectivity index (χ1v) is 10.3. The first-order chi connectivity index (χ1) is 14.6. The molecule has 3 rings (SSSR count). The number of rotatable bonds is 9. The zero-order chi connectivity index (χ0) is 21.3. The molecule has 0 saturated carbocycles. The van der Waals surface area contributed by atoms with Gasteiger partial charge in [0.05, 0.1) is 0 Å². The fourth-order valence-electron chi connectivity index (χ4n) is 3.17. The summed E-state index contributed by atoms with van der Waals surface area (Å²) >= 11 is 0. The number of hydrogen-bond acceptors (Lipinski definition) is 3. The van der Waals surface area contributed by atoms with Gasteiger partial charge in [0.1, 0.15) is 0 Å². The Morgan fingerprint density at radius 1 is 0.833 bits per heavy atom. The van der Waals surface area contributed by atoms with E-state index >= 15 is 0 Å². The number of benzene rings is 2. The van der Waals surface area contributed by atoms with Crippen molar-refractivity contribution in [1.82, 2.24) is 14.8 Å². The molecule has 6 nitrogen and oxygen atoms in total. The zero-order valence-corrected chi connectivity index (χ0v) is 17.5. The van der Waals surface area contributed by atoms with Gasteiger partial charge in [0, 0.05) is 48.0 Å². The lowest BCUT2D eigenvalue weighted by atomic mass is 10.1. The number of carbonyl (C=O) groups excluding carboxylic acids is 2. The Labute approximate surface area is 177 Å². The topological polar surface area (TPSA) is 66.4 Å². The Hall–Kier alpha value is -3.38. The van der Waals surface area contributed by atoms with Crippen molar-refractivity contribution in [1.29, 1.82) is 0 Å². The van der Waals surface area contributed by atoms with Crippen LogP contribution in [0.25, 0.3) is 5.69 Å². The van der Waals surface area contributed by atoms with Crippen LogP contribution < -0.4 is 10.6 Å². The molecule has 0 radical (unpaired) electrons. The lowest BCUT2D eigenvalue weighted by molar-refractivity contribution is 0.0948. The fraction of sp³-hybridized carbons (Fsp3) is 0.250. The molecule has 0 fully saturated rings. The first kappa shape index (κ1) is 21.3. The lowest BCUT2D eigenvalue weighted by Gasteiger charge is -2.18. The maximum Gasteiger partial charge on any atom is 0.255 e. The molecule has 0 aliphatic carbocycles. The molecule has 3 aromatic rings. The second-order valence-electron chi connectivity index (χ2n) is 6.95. The van der Waals surface area contributed by atoms with Crippen LogP contribution in [0.4, 0.5) is 5.69 Å². The minimum atomic E-state index is -0.189. The predicted molar refractivity (Wildman–Crippen MR) is 120 cm³/mol. The van der Waals surface area contributed by atoms with Crippen molar-refractivity contribution in [3.05, 3.63) is 84.2 Å². The van der Waals surface area contributed by atoms with E-state index in [4.69, 9.17) is 0 Å². The number of nitrogens with one attached hydrogen (secondary N) is 2. The van der Waals surface area contributed by atoms with E-state index in [1.165, 1.54) is 0 Å². The SMILES string of the molecule is CCN(CC)CCNC(=O)c1ccc(NC(=O)c2ccc(-n3cccc3)cc2)cc1. The Bertz CT molecular complexity index is 944. The van der Waals surface area contributed by atoms with Gasteiger partial charge in [0.25, 0.3) is 11.8 Å².